The second-order valence-corrected chi connectivity index (χ2v) is 11.6. The Hall–Kier alpha value is -3.02. The number of amides is 1. The topological polar surface area (TPSA) is 109 Å². The third kappa shape index (κ3) is 5.53. The molecule has 2 heterocycles. The minimum Gasteiger partial charge on any atom is -0.497 e. The number of rotatable bonds is 9. The molecule has 1 N–H and O–H groups in total. The van der Waals surface area contributed by atoms with Gasteiger partial charge in [0.1, 0.15) is 11.6 Å². The highest BCUT2D eigenvalue weighted by atomic mass is 32.2. The number of methoxy groups -OCH3 is 1. The Morgan fingerprint density at radius 1 is 1.28 bits per heavy atom. The van der Waals surface area contributed by atoms with Gasteiger partial charge < -0.3 is 9.47 Å². The lowest BCUT2D eigenvalue weighted by Crippen LogP contribution is -2.51. The molecular formula is C25H30FN3O6S. The highest BCUT2D eigenvalue weighted by Gasteiger charge is 2.44. The molecule has 1 amide bonds. The van der Waals surface area contributed by atoms with Crippen LogP contribution in [0.1, 0.15) is 32.6 Å². The molecule has 1 aliphatic heterocycles. The number of hydrogen-bond acceptors (Lipinski definition) is 7. The van der Waals surface area contributed by atoms with Gasteiger partial charge in [-0.3, -0.25) is 9.48 Å². The fourth-order valence-electron chi connectivity index (χ4n) is 4.04. The lowest BCUT2D eigenvalue weighted by molar-refractivity contribution is -0.201. The van der Waals surface area contributed by atoms with Crippen LogP contribution in [0.25, 0.3) is 22.0 Å². The average molecular weight is 520 g/mol. The van der Waals surface area contributed by atoms with E-state index in [9.17, 15) is 17.6 Å². The zero-order chi connectivity index (χ0) is 25.9. The summed E-state index contributed by atoms with van der Waals surface area (Å²) in [5, 5.41) is 5.24. The summed E-state index contributed by atoms with van der Waals surface area (Å²) in [5.74, 6) is -0.732. The smallest absolute Gasteiger partial charge is 0.264 e. The van der Waals surface area contributed by atoms with Crippen LogP contribution in [0.4, 0.5) is 4.39 Å². The normalized spacial score (nSPS) is 18.1. The summed E-state index contributed by atoms with van der Waals surface area (Å²) in [7, 11) is -2.32. The van der Waals surface area contributed by atoms with Gasteiger partial charge in [-0.1, -0.05) is 6.07 Å². The first kappa shape index (κ1) is 26.1. The largest absolute Gasteiger partial charge is 0.497 e. The van der Waals surface area contributed by atoms with E-state index in [4.69, 9.17) is 14.3 Å². The molecule has 3 aromatic rings. The highest BCUT2D eigenvalue weighted by Crippen LogP contribution is 2.29. The van der Waals surface area contributed by atoms with E-state index in [1.807, 2.05) is 6.07 Å². The molecule has 1 saturated heterocycles. The number of hydroxylamine groups is 1. The van der Waals surface area contributed by atoms with E-state index < -0.39 is 32.6 Å². The number of sulfone groups is 1. The number of carbonyl (C=O) groups excluding carboxylic acids is 1. The van der Waals surface area contributed by atoms with Crippen LogP contribution in [0.3, 0.4) is 0 Å². The molecule has 0 saturated carbocycles. The van der Waals surface area contributed by atoms with Crippen LogP contribution in [-0.4, -0.2) is 55.1 Å². The molecule has 2 aromatic carbocycles. The maximum Gasteiger partial charge on any atom is 0.264 e. The van der Waals surface area contributed by atoms with Crippen LogP contribution in [0.15, 0.2) is 42.6 Å². The first-order chi connectivity index (χ1) is 17.1. The Balaban J connectivity index is 1.49. The molecule has 1 fully saturated rings. The van der Waals surface area contributed by atoms with Gasteiger partial charge >= 0.3 is 0 Å². The summed E-state index contributed by atoms with van der Waals surface area (Å²) in [6.45, 7) is 2.07. The average Bonchev–Trinajstić information content (AvgIpc) is 3.27. The molecule has 1 aliphatic rings. The summed E-state index contributed by atoms with van der Waals surface area (Å²) in [4.78, 5) is 18.2. The molecule has 1 aromatic heterocycles. The molecule has 4 rings (SSSR count). The van der Waals surface area contributed by atoms with Gasteiger partial charge in [0.05, 0.1) is 12.6 Å². The van der Waals surface area contributed by atoms with Crippen LogP contribution in [0.5, 0.6) is 5.75 Å². The molecule has 0 bridgehead atoms. The maximum absolute atomic E-state index is 14.5. The molecule has 9 nitrogen and oxygen atoms in total. The second-order valence-electron chi connectivity index (χ2n) is 9.11. The van der Waals surface area contributed by atoms with Crippen molar-refractivity contribution in [3.8, 4) is 16.9 Å². The van der Waals surface area contributed by atoms with Crippen molar-refractivity contribution in [2.75, 3.05) is 20.0 Å². The van der Waals surface area contributed by atoms with Gasteiger partial charge in [-0.05, 0) is 56.0 Å². The number of carbonyl (C=O) groups is 1. The predicted molar refractivity (Wildman–Crippen MR) is 132 cm³/mol. The van der Waals surface area contributed by atoms with E-state index in [1.165, 1.54) is 20.1 Å². The Morgan fingerprint density at radius 2 is 2.08 bits per heavy atom. The molecule has 2 unspecified atom stereocenters. The van der Waals surface area contributed by atoms with Crippen LogP contribution < -0.4 is 10.2 Å². The number of aryl methyl sites for hydroxylation is 1. The van der Waals surface area contributed by atoms with E-state index in [0.717, 1.165) is 24.5 Å². The van der Waals surface area contributed by atoms with Crippen molar-refractivity contribution in [3.63, 3.8) is 0 Å². The maximum atomic E-state index is 14.5. The fraction of sp³-hybridized carbons (Fsp3) is 0.440. The van der Waals surface area contributed by atoms with Crippen molar-refractivity contribution in [1.29, 1.82) is 0 Å². The zero-order valence-corrected chi connectivity index (χ0v) is 21.3. The third-order valence-corrected chi connectivity index (χ3v) is 8.60. The van der Waals surface area contributed by atoms with Gasteiger partial charge in [0.2, 0.25) is 0 Å². The third-order valence-electron chi connectivity index (χ3n) is 6.58. The minimum absolute atomic E-state index is 0.0273. The van der Waals surface area contributed by atoms with Crippen molar-refractivity contribution in [2.45, 2.75) is 50.2 Å². The SMILES string of the molecule is COc1ccc(-c2ccc3nn(CCC(C)(C(=O)NOC4CCCCO4)S(C)(=O)=O)cc3c2)c(F)c1. The molecule has 11 heteroatoms. The summed E-state index contributed by atoms with van der Waals surface area (Å²) in [6, 6.07) is 10.0. The predicted octanol–water partition coefficient (Wildman–Crippen LogP) is 3.62. The second kappa shape index (κ2) is 10.5. The van der Waals surface area contributed by atoms with Crippen LogP contribution in [-0.2, 0) is 30.8 Å². The number of benzene rings is 2. The molecule has 194 valence electrons. The van der Waals surface area contributed by atoms with Crippen LogP contribution in [0, 0.1) is 5.82 Å². The van der Waals surface area contributed by atoms with E-state index in [-0.39, 0.29) is 13.0 Å². The van der Waals surface area contributed by atoms with Crippen molar-refractivity contribution >= 4 is 26.6 Å². The van der Waals surface area contributed by atoms with Crippen molar-refractivity contribution < 1.29 is 31.9 Å². The number of hydrogen-bond donors (Lipinski definition) is 1. The zero-order valence-electron chi connectivity index (χ0n) is 20.5. The fourth-order valence-corrected chi connectivity index (χ4v) is 4.88. The van der Waals surface area contributed by atoms with E-state index in [0.29, 0.717) is 35.4 Å². The quantitative estimate of drug-likeness (QED) is 0.430. The summed E-state index contributed by atoms with van der Waals surface area (Å²) >= 11 is 0. The van der Waals surface area contributed by atoms with E-state index in [1.54, 1.807) is 35.1 Å². The molecule has 2 atom stereocenters. The number of ether oxygens (including phenoxy) is 2. The van der Waals surface area contributed by atoms with Gasteiger partial charge in [0, 0.05) is 49.0 Å². The minimum atomic E-state index is -3.80. The van der Waals surface area contributed by atoms with Gasteiger partial charge in [-0.2, -0.15) is 5.10 Å². The molecule has 0 spiro atoms. The Labute approximate surface area is 209 Å². The first-order valence-electron chi connectivity index (χ1n) is 11.7. The van der Waals surface area contributed by atoms with Crippen molar-refractivity contribution in [1.82, 2.24) is 15.3 Å². The number of nitrogens with zero attached hydrogens (tertiary/aromatic N) is 2. The molecule has 36 heavy (non-hydrogen) atoms. The summed E-state index contributed by atoms with van der Waals surface area (Å²) in [5.41, 5.74) is 4.04. The number of aromatic nitrogens is 2. The standard InChI is InChI=1S/C25H30FN3O6S/c1-25(36(3,31)32,24(30)28-35-23-6-4-5-13-34-23)11-12-29-16-18-14-17(7-10-22(18)27-29)20-9-8-19(33-2)15-21(20)26/h7-10,14-16,23H,4-6,11-13H2,1-3H3,(H,28,30). The lowest BCUT2D eigenvalue weighted by Gasteiger charge is -2.28. The molecule has 0 aliphatic carbocycles. The van der Waals surface area contributed by atoms with Crippen molar-refractivity contribution in [2.24, 2.45) is 0 Å². The first-order valence-corrected chi connectivity index (χ1v) is 13.6. The van der Waals surface area contributed by atoms with Crippen molar-refractivity contribution in [3.05, 3.63) is 48.4 Å². The molecular weight excluding hydrogens is 489 g/mol. The lowest BCUT2D eigenvalue weighted by atomic mass is 10.0. The number of nitrogens with one attached hydrogen (secondary N) is 1. The Bertz CT molecular complexity index is 1350. The summed E-state index contributed by atoms with van der Waals surface area (Å²) in [6.07, 6.45) is 4.60. The Morgan fingerprint density at radius 3 is 2.75 bits per heavy atom. The van der Waals surface area contributed by atoms with E-state index >= 15 is 0 Å². The van der Waals surface area contributed by atoms with Gasteiger partial charge in [-0.15, -0.1) is 0 Å². The number of fused-ring (bicyclic) bond motifs is 1. The van der Waals surface area contributed by atoms with Gasteiger partial charge in [0.25, 0.3) is 5.91 Å². The highest BCUT2D eigenvalue weighted by molar-refractivity contribution is 7.92. The van der Waals surface area contributed by atoms with Gasteiger partial charge in [-0.25, -0.2) is 23.1 Å². The molecule has 0 radical (unpaired) electrons. The van der Waals surface area contributed by atoms with Crippen LogP contribution in [0.2, 0.25) is 0 Å². The van der Waals surface area contributed by atoms with E-state index in [2.05, 4.69) is 10.6 Å². The monoisotopic (exact) mass is 519 g/mol. The Kier molecular flexibility index (Phi) is 7.62. The van der Waals surface area contributed by atoms with Gasteiger partial charge in [0.15, 0.2) is 20.9 Å². The van der Waals surface area contributed by atoms with Crippen LogP contribution >= 0.6 is 0 Å². The summed E-state index contributed by atoms with van der Waals surface area (Å²) < 4.78 is 50.1. The number of halogens is 1.